The van der Waals surface area contributed by atoms with Gasteiger partial charge in [0.05, 0.1) is 30.5 Å². The quantitative estimate of drug-likeness (QED) is 0.394. The van der Waals surface area contributed by atoms with E-state index < -0.39 is 29.7 Å². The lowest BCUT2D eigenvalue weighted by Crippen LogP contribution is -2.34. The summed E-state index contributed by atoms with van der Waals surface area (Å²) in [5, 5.41) is 27.5. The van der Waals surface area contributed by atoms with Crippen LogP contribution in [0.1, 0.15) is 82.2 Å². The Hall–Kier alpha value is -2.30. The van der Waals surface area contributed by atoms with Gasteiger partial charge >= 0.3 is 5.69 Å². The average Bonchev–Trinajstić information content (AvgIpc) is 3.37. The van der Waals surface area contributed by atoms with E-state index >= 15 is 0 Å². The molecular formula is C22H35N5O5. The second-order valence-corrected chi connectivity index (χ2v) is 8.57. The van der Waals surface area contributed by atoms with Crippen molar-refractivity contribution in [3.63, 3.8) is 0 Å². The molecule has 1 aliphatic rings. The molecule has 178 valence electrons. The van der Waals surface area contributed by atoms with Crippen LogP contribution in [0.3, 0.4) is 0 Å². The van der Waals surface area contributed by atoms with Crippen molar-refractivity contribution in [1.29, 1.82) is 0 Å². The third-order valence-electron chi connectivity index (χ3n) is 5.94. The topological polar surface area (TPSA) is 135 Å². The van der Waals surface area contributed by atoms with Crippen LogP contribution >= 0.6 is 0 Å². The number of rotatable bonds is 13. The molecule has 3 atom stereocenters. The number of hydrogen-bond acceptors (Lipinski definition) is 7. The Morgan fingerprint density at radius 2 is 1.84 bits per heavy atom. The molecule has 0 spiro atoms. The molecule has 32 heavy (non-hydrogen) atoms. The number of nitrogens with one attached hydrogen (secondary N) is 1. The first-order valence-electron chi connectivity index (χ1n) is 11.7. The van der Waals surface area contributed by atoms with E-state index in [1.54, 1.807) is 4.68 Å². The van der Waals surface area contributed by atoms with Crippen molar-refractivity contribution in [3.8, 4) is 0 Å². The minimum atomic E-state index is -0.874. The minimum Gasteiger partial charge on any atom is -0.394 e. The van der Waals surface area contributed by atoms with E-state index in [1.165, 1.54) is 55.7 Å². The molecule has 0 radical (unpaired) electrons. The summed E-state index contributed by atoms with van der Waals surface area (Å²) in [6.45, 7) is 2.05. The number of aliphatic hydroxyl groups is 2. The second-order valence-electron chi connectivity index (χ2n) is 8.57. The van der Waals surface area contributed by atoms with Gasteiger partial charge in [0.15, 0.2) is 0 Å². The summed E-state index contributed by atoms with van der Waals surface area (Å²) >= 11 is 0. The summed E-state index contributed by atoms with van der Waals surface area (Å²) in [5.74, 6) is 0. The molecule has 1 aliphatic heterocycles. The number of aromatic amines is 1. The molecule has 1 saturated heterocycles. The van der Waals surface area contributed by atoms with Gasteiger partial charge in [0, 0.05) is 18.8 Å². The number of aromatic nitrogens is 5. The third kappa shape index (κ3) is 6.60. The van der Waals surface area contributed by atoms with Crippen molar-refractivity contribution in [2.45, 2.75) is 96.1 Å². The van der Waals surface area contributed by atoms with Crippen LogP contribution in [0, 0.1) is 0 Å². The Morgan fingerprint density at radius 1 is 1.12 bits per heavy atom. The van der Waals surface area contributed by atoms with Crippen LogP contribution in [0.2, 0.25) is 0 Å². The van der Waals surface area contributed by atoms with Gasteiger partial charge < -0.3 is 14.9 Å². The highest BCUT2D eigenvalue weighted by Crippen LogP contribution is 2.27. The molecule has 3 heterocycles. The molecule has 0 bridgehead atoms. The van der Waals surface area contributed by atoms with Gasteiger partial charge in [0.25, 0.3) is 5.56 Å². The first kappa shape index (κ1) is 24.3. The maximum atomic E-state index is 12.3. The Labute approximate surface area is 187 Å². The fourth-order valence-corrected chi connectivity index (χ4v) is 4.05. The molecule has 10 nitrogen and oxygen atoms in total. The molecule has 2 aromatic rings. The zero-order valence-corrected chi connectivity index (χ0v) is 18.8. The number of nitrogens with zero attached hydrogens (tertiary/aromatic N) is 4. The normalized spacial score (nSPS) is 20.8. The van der Waals surface area contributed by atoms with Crippen molar-refractivity contribution in [2.24, 2.45) is 0 Å². The van der Waals surface area contributed by atoms with E-state index in [0.29, 0.717) is 5.56 Å². The molecule has 0 saturated carbocycles. The molecular weight excluding hydrogens is 414 g/mol. The SMILES string of the molecule is CCCCCCCCCCc1cn(Cc2cn([C@H]3C[C@H](O)[C@@H](CO)O3)c(=O)[nH]c2=O)nn1. The average molecular weight is 450 g/mol. The van der Waals surface area contributed by atoms with E-state index in [0.717, 1.165) is 18.5 Å². The lowest BCUT2D eigenvalue weighted by molar-refractivity contribution is -0.0460. The van der Waals surface area contributed by atoms with Crippen molar-refractivity contribution < 1.29 is 14.9 Å². The molecule has 0 amide bonds. The molecule has 3 N–H and O–H groups in total. The summed E-state index contributed by atoms with van der Waals surface area (Å²) in [6, 6.07) is 0. The standard InChI is InChI=1S/C22H35N5O5/c1-2-3-4-5-6-7-8-9-10-17-14-26(25-24-17)12-16-13-27(22(31)23-21(16)30)20-11-18(29)19(15-28)32-20/h13-14,18-20,28-29H,2-12,15H2,1H3,(H,23,30,31)/t18-,19+,20+/m0/s1. The van der Waals surface area contributed by atoms with Gasteiger partial charge in [-0.2, -0.15) is 0 Å². The molecule has 3 rings (SSSR count). The van der Waals surface area contributed by atoms with Crippen LogP contribution in [-0.4, -0.2) is 53.6 Å². The molecule has 1 fully saturated rings. The molecule has 0 aromatic carbocycles. The van der Waals surface area contributed by atoms with Crippen LogP contribution in [0.4, 0.5) is 0 Å². The Morgan fingerprint density at radius 3 is 2.53 bits per heavy atom. The fourth-order valence-electron chi connectivity index (χ4n) is 4.05. The molecule has 10 heteroatoms. The minimum absolute atomic E-state index is 0.155. The van der Waals surface area contributed by atoms with E-state index in [2.05, 4.69) is 22.2 Å². The smallest absolute Gasteiger partial charge is 0.330 e. The molecule has 2 aromatic heterocycles. The van der Waals surface area contributed by atoms with Crippen LogP contribution in [0.25, 0.3) is 0 Å². The maximum Gasteiger partial charge on any atom is 0.330 e. The van der Waals surface area contributed by atoms with Gasteiger partial charge in [-0.3, -0.25) is 14.3 Å². The summed E-state index contributed by atoms with van der Waals surface area (Å²) in [6.07, 6.45) is 11.9. The lowest BCUT2D eigenvalue weighted by Gasteiger charge is -2.15. The van der Waals surface area contributed by atoms with Gasteiger partial charge in [-0.25, -0.2) is 9.48 Å². The number of aliphatic hydroxyl groups excluding tert-OH is 2. The second kappa shape index (κ2) is 12.1. The van der Waals surface area contributed by atoms with Crippen LogP contribution in [-0.2, 0) is 17.7 Å². The maximum absolute atomic E-state index is 12.3. The van der Waals surface area contributed by atoms with Crippen molar-refractivity contribution in [2.75, 3.05) is 6.61 Å². The Bertz CT molecular complexity index is 953. The number of unbranched alkanes of at least 4 members (excludes halogenated alkanes) is 7. The largest absolute Gasteiger partial charge is 0.394 e. The van der Waals surface area contributed by atoms with Crippen molar-refractivity contribution in [3.05, 3.63) is 44.5 Å². The predicted molar refractivity (Wildman–Crippen MR) is 118 cm³/mol. The zero-order chi connectivity index (χ0) is 22.9. The molecule has 0 unspecified atom stereocenters. The highest BCUT2D eigenvalue weighted by atomic mass is 16.5. The summed E-state index contributed by atoms with van der Waals surface area (Å²) in [5.41, 5.74) is 0.0968. The van der Waals surface area contributed by atoms with E-state index in [-0.39, 0.29) is 19.6 Å². The van der Waals surface area contributed by atoms with Crippen LogP contribution < -0.4 is 11.2 Å². The highest BCUT2D eigenvalue weighted by Gasteiger charge is 2.35. The van der Waals surface area contributed by atoms with Crippen molar-refractivity contribution in [1.82, 2.24) is 24.5 Å². The van der Waals surface area contributed by atoms with Gasteiger partial charge in [-0.1, -0.05) is 57.1 Å². The number of ether oxygens (including phenoxy) is 1. The number of H-pyrrole nitrogens is 1. The van der Waals surface area contributed by atoms with Gasteiger partial charge in [-0.15, -0.1) is 5.10 Å². The van der Waals surface area contributed by atoms with Crippen LogP contribution in [0.5, 0.6) is 0 Å². The summed E-state index contributed by atoms with van der Waals surface area (Å²) < 4.78 is 8.36. The Balaban J connectivity index is 1.54. The monoisotopic (exact) mass is 449 g/mol. The number of hydrogen-bond donors (Lipinski definition) is 3. The first-order chi connectivity index (χ1) is 15.5. The molecule has 0 aliphatic carbocycles. The predicted octanol–water partition coefficient (Wildman–Crippen LogP) is 1.50. The van der Waals surface area contributed by atoms with Gasteiger partial charge in [0.1, 0.15) is 12.3 Å². The Kier molecular flexibility index (Phi) is 9.19. The van der Waals surface area contributed by atoms with Crippen molar-refractivity contribution >= 4 is 0 Å². The lowest BCUT2D eigenvalue weighted by atomic mass is 10.1. The highest BCUT2D eigenvalue weighted by molar-refractivity contribution is 5.07. The van der Waals surface area contributed by atoms with E-state index in [4.69, 9.17) is 4.74 Å². The summed E-state index contributed by atoms with van der Waals surface area (Å²) in [7, 11) is 0. The zero-order valence-electron chi connectivity index (χ0n) is 18.8. The first-order valence-corrected chi connectivity index (χ1v) is 11.7. The number of aryl methyl sites for hydroxylation is 1. The summed E-state index contributed by atoms with van der Waals surface area (Å²) in [4.78, 5) is 26.8. The third-order valence-corrected chi connectivity index (χ3v) is 5.94. The van der Waals surface area contributed by atoms with Crippen LogP contribution in [0.15, 0.2) is 22.0 Å². The van der Waals surface area contributed by atoms with E-state index in [1.807, 2.05) is 6.20 Å². The van der Waals surface area contributed by atoms with E-state index in [9.17, 15) is 19.8 Å². The fraction of sp³-hybridized carbons (Fsp3) is 0.727. The van der Waals surface area contributed by atoms with Gasteiger partial charge in [-0.05, 0) is 12.8 Å². The van der Waals surface area contributed by atoms with Gasteiger partial charge in [0.2, 0.25) is 0 Å².